The van der Waals surface area contributed by atoms with Crippen LogP contribution in [0.15, 0.2) is 54.7 Å². The summed E-state index contributed by atoms with van der Waals surface area (Å²) >= 11 is 0. The van der Waals surface area contributed by atoms with Crippen molar-refractivity contribution in [3.63, 3.8) is 0 Å². The molecule has 0 saturated carbocycles. The highest BCUT2D eigenvalue weighted by molar-refractivity contribution is 6.02. The van der Waals surface area contributed by atoms with Crippen molar-refractivity contribution in [1.29, 1.82) is 0 Å². The van der Waals surface area contributed by atoms with E-state index in [9.17, 15) is 14.3 Å². The third-order valence-electron chi connectivity index (χ3n) is 5.54. The van der Waals surface area contributed by atoms with Gasteiger partial charge in [-0.05, 0) is 61.4 Å². The van der Waals surface area contributed by atoms with Crippen LogP contribution in [0.25, 0.3) is 10.9 Å². The van der Waals surface area contributed by atoms with E-state index in [2.05, 4.69) is 4.98 Å². The summed E-state index contributed by atoms with van der Waals surface area (Å²) in [6.45, 7) is 1.38. The summed E-state index contributed by atoms with van der Waals surface area (Å²) < 4.78 is 13.0. The molecule has 4 nitrogen and oxygen atoms in total. The van der Waals surface area contributed by atoms with E-state index in [0.29, 0.717) is 30.1 Å². The molecule has 1 fully saturated rings. The van der Waals surface area contributed by atoms with Gasteiger partial charge >= 0.3 is 0 Å². The second-order valence-corrected chi connectivity index (χ2v) is 7.46. The van der Waals surface area contributed by atoms with Gasteiger partial charge in [-0.2, -0.15) is 0 Å². The summed E-state index contributed by atoms with van der Waals surface area (Å²) in [5.41, 5.74) is 1.88. The van der Waals surface area contributed by atoms with Crippen LogP contribution in [0, 0.1) is 11.7 Å². The summed E-state index contributed by atoms with van der Waals surface area (Å²) in [7, 11) is 0. The maximum absolute atomic E-state index is 13.0. The lowest BCUT2D eigenvalue weighted by Gasteiger charge is -2.33. The van der Waals surface area contributed by atoms with Gasteiger partial charge in [0, 0.05) is 24.7 Å². The van der Waals surface area contributed by atoms with Gasteiger partial charge in [0.05, 0.1) is 5.56 Å². The number of rotatable bonds is 4. The molecule has 1 aliphatic rings. The monoisotopic (exact) mass is 378 g/mol. The number of hydrogen-bond donors (Lipinski definition) is 1. The number of fused-ring (bicyclic) bond motifs is 1. The molecule has 5 heteroatoms. The first-order chi connectivity index (χ1) is 13.6. The molecule has 0 radical (unpaired) electrons. The van der Waals surface area contributed by atoms with E-state index >= 15 is 0 Å². The van der Waals surface area contributed by atoms with Crippen LogP contribution in [0.4, 0.5) is 4.39 Å². The van der Waals surface area contributed by atoms with Gasteiger partial charge in [-0.25, -0.2) is 4.39 Å². The Kier molecular flexibility index (Phi) is 5.24. The number of benzene rings is 2. The third-order valence-corrected chi connectivity index (χ3v) is 5.54. The molecule has 4 rings (SSSR count). The number of pyridine rings is 1. The Morgan fingerprint density at radius 1 is 1.18 bits per heavy atom. The number of nitrogens with zero attached hydrogens (tertiary/aromatic N) is 2. The van der Waals surface area contributed by atoms with E-state index in [4.69, 9.17) is 0 Å². The SMILES string of the molecule is O=C(c1ccc2cccnc2c1O)N1CCC[C@@H](CCc2ccc(F)cc2)C1. The third kappa shape index (κ3) is 3.84. The van der Waals surface area contributed by atoms with Gasteiger partial charge in [0.25, 0.3) is 5.91 Å². The van der Waals surface area contributed by atoms with Crippen LogP contribution in [0.2, 0.25) is 0 Å². The molecule has 144 valence electrons. The Balaban J connectivity index is 1.44. The minimum absolute atomic E-state index is 0.0449. The molecular formula is C23H23FN2O2. The zero-order valence-electron chi connectivity index (χ0n) is 15.6. The van der Waals surface area contributed by atoms with Crippen LogP contribution >= 0.6 is 0 Å². The Morgan fingerprint density at radius 3 is 2.82 bits per heavy atom. The maximum Gasteiger partial charge on any atom is 0.257 e. The molecule has 1 aliphatic heterocycles. The highest BCUT2D eigenvalue weighted by Gasteiger charge is 2.26. The van der Waals surface area contributed by atoms with Gasteiger partial charge in [-0.3, -0.25) is 9.78 Å². The lowest BCUT2D eigenvalue weighted by Crippen LogP contribution is -2.40. The molecule has 1 aromatic heterocycles. The van der Waals surface area contributed by atoms with E-state index in [0.717, 1.165) is 36.6 Å². The molecule has 1 N–H and O–H groups in total. The van der Waals surface area contributed by atoms with Gasteiger partial charge in [0.2, 0.25) is 0 Å². The molecule has 1 saturated heterocycles. The molecule has 0 bridgehead atoms. The standard InChI is InChI=1S/C23H23FN2O2/c24-19-10-7-16(8-11-19)5-6-17-3-2-14-26(15-17)23(28)20-12-9-18-4-1-13-25-21(18)22(20)27/h1,4,7-13,17,27H,2-3,5-6,14-15H2/t17-/m0/s1. The number of hydrogen-bond acceptors (Lipinski definition) is 3. The summed E-state index contributed by atoms with van der Waals surface area (Å²) in [5, 5.41) is 11.4. The first kappa shape index (κ1) is 18.4. The number of aryl methyl sites for hydroxylation is 1. The smallest absolute Gasteiger partial charge is 0.257 e. The topological polar surface area (TPSA) is 53.4 Å². The van der Waals surface area contributed by atoms with Crippen molar-refractivity contribution in [2.45, 2.75) is 25.7 Å². The molecule has 0 spiro atoms. The Hall–Kier alpha value is -2.95. The van der Waals surface area contributed by atoms with Crippen molar-refractivity contribution in [1.82, 2.24) is 9.88 Å². The van der Waals surface area contributed by atoms with Crippen molar-refractivity contribution in [2.24, 2.45) is 5.92 Å². The molecule has 0 unspecified atom stereocenters. The van der Waals surface area contributed by atoms with Crippen molar-refractivity contribution >= 4 is 16.8 Å². The molecule has 2 aromatic carbocycles. The Morgan fingerprint density at radius 2 is 2.00 bits per heavy atom. The average molecular weight is 378 g/mol. The number of halogens is 1. The fourth-order valence-corrected chi connectivity index (χ4v) is 3.98. The summed E-state index contributed by atoms with van der Waals surface area (Å²) in [6, 6.07) is 13.8. The minimum atomic E-state index is -0.220. The normalized spacial score (nSPS) is 17.0. The van der Waals surface area contributed by atoms with E-state index in [1.807, 2.05) is 29.2 Å². The number of phenols is 1. The second-order valence-electron chi connectivity index (χ2n) is 7.46. The zero-order valence-corrected chi connectivity index (χ0v) is 15.6. The van der Waals surface area contributed by atoms with E-state index in [-0.39, 0.29) is 17.5 Å². The number of carbonyl (C=O) groups is 1. The zero-order chi connectivity index (χ0) is 19.5. The van der Waals surface area contributed by atoms with Crippen LogP contribution in [-0.2, 0) is 6.42 Å². The minimum Gasteiger partial charge on any atom is -0.505 e. The van der Waals surface area contributed by atoms with Crippen LogP contribution in [0.5, 0.6) is 5.75 Å². The molecular weight excluding hydrogens is 355 g/mol. The number of likely N-dealkylation sites (tertiary alicyclic amines) is 1. The van der Waals surface area contributed by atoms with Crippen LogP contribution in [0.1, 0.15) is 35.2 Å². The first-order valence-electron chi connectivity index (χ1n) is 9.72. The number of aromatic nitrogens is 1. The summed E-state index contributed by atoms with van der Waals surface area (Å²) in [4.78, 5) is 19.1. The lowest BCUT2D eigenvalue weighted by atomic mass is 9.91. The van der Waals surface area contributed by atoms with E-state index in [1.165, 1.54) is 12.1 Å². The van der Waals surface area contributed by atoms with Crippen LogP contribution in [-0.4, -0.2) is 34.0 Å². The van der Waals surface area contributed by atoms with Crippen LogP contribution < -0.4 is 0 Å². The first-order valence-corrected chi connectivity index (χ1v) is 9.72. The largest absolute Gasteiger partial charge is 0.505 e. The summed E-state index contributed by atoms with van der Waals surface area (Å²) in [5.74, 6) is -0.000538. The van der Waals surface area contributed by atoms with Crippen molar-refractivity contribution < 1.29 is 14.3 Å². The van der Waals surface area contributed by atoms with E-state index < -0.39 is 0 Å². The Labute approximate surface area is 163 Å². The van der Waals surface area contributed by atoms with Gasteiger partial charge in [-0.15, -0.1) is 0 Å². The van der Waals surface area contributed by atoms with Crippen LogP contribution in [0.3, 0.4) is 0 Å². The van der Waals surface area contributed by atoms with E-state index in [1.54, 1.807) is 18.3 Å². The number of amides is 1. The molecule has 1 atom stereocenters. The predicted octanol–water partition coefficient (Wildman–Crippen LogP) is 4.56. The number of phenolic OH excluding ortho intramolecular Hbond substituents is 1. The number of carbonyl (C=O) groups excluding carboxylic acids is 1. The highest BCUT2D eigenvalue weighted by Crippen LogP contribution is 2.30. The molecule has 0 aliphatic carbocycles. The predicted molar refractivity (Wildman–Crippen MR) is 107 cm³/mol. The molecule has 28 heavy (non-hydrogen) atoms. The summed E-state index contributed by atoms with van der Waals surface area (Å²) in [6.07, 6.45) is 5.48. The second kappa shape index (κ2) is 7.97. The average Bonchev–Trinajstić information content (AvgIpc) is 2.74. The number of aromatic hydroxyl groups is 1. The van der Waals surface area contributed by atoms with Gasteiger partial charge < -0.3 is 10.0 Å². The van der Waals surface area contributed by atoms with Crippen molar-refractivity contribution in [3.05, 3.63) is 71.7 Å². The van der Waals surface area contributed by atoms with Gasteiger partial charge in [0.1, 0.15) is 11.3 Å². The van der Waals surface area contributed by atoms with Gasteiger partial charge in [-0.1, -0.05) is 24.3 Å². The maximum atomic E-state index is 13.0. The fourth-order valence-electron chi connectivity index (χ4n) is 3.98. The fraction of sp³-hybridized carbons (Fsp3) is 0.304. The molecule has 2 heterocycles. The molecule has 3 aromatic rings. The lowest BCUT2D eigenvalue weighted by molar-refractivity contribution is 0.0665. The van der Waals surface area contributed by atoms with Gasteiger partial charge in [0.15, 0.2) is 5.75 Å². The number of piperidine rings is 1. The Bertz CT molecular complexity index is 988. The van der Waals surface area contributed by atoms with Crippen molar-refractivity contribution in [3.8, 4) is 5.75 Å². The molecule has 1 amide bonds. The quantitative estimate of drug-likeness (QED) is 0.724. The highest BCUT2D eigenvalue weighted by atomic mass is 19.1. The van der Waals surface area contributed by atoms with Crippen molar-refractivity contribution in [2.75, 3.05) is 13.1 Å².